The lowest BCUT2D eigenvalue weighted by atomic mass is 9.74. The Kier molecular flexibility index (Phi) is 5.96. The number of rotatable bonds is 5. The number of hydrogen-bond acceptors (Lipinski definition) is 1. The standard InChI is InChI=1S/C14H26F3N/c1-10(2)11-5-7-12(8-6-11)13(18)4-3-9-14(15,16)17/h10-13H,3-9,18H2,1-2H3. The number of hydrogen-bond donors (Lipinski definition) is 1. The van der Waals surface area contributed by atoms with Crippen LogP contribution in [0.15, 0.2) is 0 Å². The summed E-state index contributed by atoms with van der Waals surface area (Å²) >= 11 is 0. The first-order valence-corrected chi connectivity index (χ1v) is 7.12. The van der Waals surface area contributed by atoms with Gasteiger partial charge >= 0.3 is 6.18 Å². The smallest absolute Gasteiger partial charge is 0.327 e. The Morgan fingerprint density at radius 2 is 1.56 bits per heavy atom. The minimum absolute atomic E-state index is 0.0412. The first-order chi connectivity index (χ1) is 8.29. The molecule has 0 bridgehead atoms. The molecule has 0 spiro atoms. The average Bonchev–Trinajstić information content (AvgIpc) is 2.27. The molecule has 0 saturated heterocycles. The topological polar surface area (TPSA) is 26.0 Å². The van der Waals surface area contributed by atoms with Crippen LogP contribution in [0, 0.1) is 17.8 Å². The molecule has 1 aliphatic carbocycles. The van der Waals surface area contributed by atoms with Crippen LogP contribution in [-0.4, -0.2) is 12.2 Å². The van der Waals surface area contributed by atoms with Crippen LogP contribution in [0.1, 0.15) is 58.8 Å². The Balaban J connectivity index is 2.22. The lowest BCUT2D eigenvalue weighted by Crippen LogP contribution is -2.34. The van der Waals surface area contributed by atoms with Crippen molar-refractivity contribution in [1.82, 2.24) is 0 Å². The van der Waals surface area contributed by atoms with Crippen molar-refractivity contribution in [2.75, 3.05) is 0 Å². The van der Waals surface area contributed by atoms with Gasteiger partial charge in [-0.1, -0.05) is 13.8 Å². The predicted octanol–water partition coefficient (Wildman–Crippen LogP) is 4.51. The van der Waals surface area contributed by atoms with E-state index < -0.39 is 12.6 Å². The Morgan fingerprint density at radius 3 is 2.00 bits per heavy atom. The van der Waals surface area contributed by atoms with Gasteiger partial charge in [-0.05, 0) is 56.3 Å². The van der Waals surface area contributed by atoms with Gasteiger partial charge in [0.25, 0.3) is 0 Å². The minimum Gasteiger partial charge on any atom is -0.327 e. The van der Waals surface area contributed by atoms with E-state index in [-0.39, 0.29) is 12.5 Å². The van der Waals surface area contributed by atoms with Crippen LogP contribution in [-0.2, 0) is 0 Å². The van der Waals surface area contributed by atoms with E-state index >= 15 is 0 Å². The molecule has 1 unspecified atom stereocenters. The summed E-state index contributed by atoms with van der Waals surface area (Å²) in [6, 6.07) is -0.0412. The van der Waals surface area contributed by atoms with Crippen LogP contribution in [0.4, 0.5) is 13.2 Å². The molecule has 2 N–H and O–H groups in total. The van der Waals surface area contributed by atoms with Gasteiger partial charge < -0.3 is 5.73 Å². The van der Waals surface area contributed by atoms with Gasteiger partial charge in [0, 0.05) is 12.5 Å². The molecule has 0 aromatic carbocycles. The summed E-state index contributed by atoms with van der Waals surface area (Å²) in [6.45, 7) is 4.49. The van der Waals surface area contributed by atoms with E-state index in [0.29, 0.717) is 18.3 Å². The van der Waals surface area contributed by atoms with Crippen molar-refractivity contribution >= 4 is 0 Å². The molecule has 18 heavy (non-hydrogen) atoms. The molecule has 1 nitrogen and oxygen atoms in total. The van der Waals surface area contributed by atoms with Crippen molar-refractivity contribution < 1.29 is 13.2 Å². The van der Waals surface area contributed by atoms with E-state index in [2.05, 4.69) is 13.8 Å². The van der Waals surface area contributed by atoms with E-state index in [1.165, 1.54) is 12.8 Å². The normalized spacial score (nSPS) is 27.5. The third-order valence-electron chi connectivity index (χ3n) is 4.36. The molecule has 0 aliphatic heterocycles. The lowest BCUT2D eigenvalue weighted by Gasteiger charge is -2.34. The molecule has 108 valence electrons. The Bertz CT molecular complexity index is 230. The molecule has 0 aromatic rings. The van der Waals surface area contributed by atoms with E-state index in [1.807, 2.05) is 0 Å². The summed E-state index contributed by atoms with van der Waals surface area (Å²) in [6.07, 6.45) is 0.527. The van der Waals surface area contributed by atoms with E-state index in [1.54, 1.807) is 0 Å². The average molecular weight is 265 g/mol. The molecular weight excluding hydrogens is 239 g/mol. The highest BCUT2D eigenvalue weighted by molar-refractivity contribution is 4.81. The van der Waals surface area contributed by atoms with Crippen molar-refractivity contribution in [1.29, 1.82) is 0 Å². The Hall–Kier alpha value is -0.250. The second kappa shape index (κ2) is 6.78. The van der Waals surface area contributed by atoms with Crippen molar-refractivity contribution in [3.63, 3.8) is 0 Å². The van der Waals surface area contributed by atoms with Gasteiger partial charge in [0.2, 0.25) is 0 Å². The maximum atomic E-state index is 12.0. The minimum atomic E-state index is -4.03. The van der Waals surface area contributed by atoms with Crippen molar-refractivity contribution in [2.24, 2.45) is 23.5 Å². The largest absolute Gasteiger partial charge is 0.389 e. The fraction of sp³-hybridized carbons (Fsp3) is 1.00. The Labute approximate surface area is 108 Å². The maximum absolute atomic E-state index is 12.0. The molecule has 0 aromatic heterocycles. The van der Waals surface area contributed by atoms with Crippen molar-refractivity contribution in [3.05, 3.63) is 0 Å². The number of alkyl halides is 3. The van der Waals surface area contributed by atoms with E-state index in [4.69, 9.17) is 5.73 Å². The number of halogens is 3. The van der Waals surface area contributed by atoms with Gasteiger partial charge in [-0.25, -0.2) is 0 Å². The van der Waals surface area contributed by atoms with Gasteiger partial charge in [-0.3, -0.25) is 0 Å². The Morgan fingerprint density at radius 1 is 1.06 bits per heavy atom. The summed E-state index contributed by atoms with van der Waals surface area (Å²) in [7, 11) is 0. The highest BCUT2D eigenvalue weighted by atomic mass is 19.4. The van der Waals surface area contributed by atoms with Gasteiger partial charge in [-0.15, -0.1) is 0 Å². The number of nitrogens with two attached hydrogens (primary N) is 1. The highest BCUT2D eigenvalue weighted by Crippen LogP contribution is 2.35. The van der Waals surface area contributed by atoms with Crippen molar-refractivity contribution in [3.8, 4) is 0 Å². The van der Waals surface area contributed by atoms with Gasteiger partial charge in [0.15, 0.2) is 0 Å². The van der Waals surface area contributed by atoms with Crippen LogP contribution >= 0.6 is 0 Å². The van der Waals surface area contributed by atoms with Crippen LogP contribution in [0.25, 0.3) is 0 Å². The fourth-order valence-electron chi connectivity index (χ4n) is 3.01. The molecule has 0 radical (unpaired) electrons. The van der Waals surface area contributed by atoms with Crippen LogP contribution in [0.2, 0.25) is 0 Å². The van der Waals surface area contributed by atoms with Crippen LogP contribution in [0.5, 0.6) is 0 Å². The third kappa shape index (κ3) is 5.59. The molecule has 1 atom stereocenters. The summed E-state index contributed by atoms with van der Waals surface area (Å²) in [5.41, 5.74) is 6.03. The highest BCUT2D eigenvalue weighted by Gasteiger charge is 2.29. The fourth-order valence-corrected chi connectivity index (χ4v) is 3.01. The summed E-state index contributed by atoms with van der Waals surface area (Å²) in [5, 5.41) is 0. The first kappa shape index (κ1) is 15.8. The SMILES string of the molecule is CC(C)C1CCC(C(N)CCCC(F)(F)F)CC1. The summed E-state index contributed by atoms with van der Waals surface area (Å²) in [4.78, 5) is 0. The van der Waals surface area contributed by atoms with Gasteiger partial charge in [0.1, 0.15) is 0 Å². The zero-order valence-corrected chi connectivity index (χ0v) is 11.5. The first-order valence-electron chi connectivity index (χ1n) is 7.12. The second-order valence-corrected chi connectivity index (χ2v) is 6.09. The van der Waals surface area contributed by atoms with Gasteiger partial charge in [0.05, 0.1) is 0 Å². The molecule has 1 fully saturated rings. The van der Waals surface area contributed by atoms with E-state index in [0.717, 1.165) is 18.8 Å². The molecule has 4 heteroatoms. The predicted molar refractivity (Wildman–Crippen MR) is 68.2 cm³/mol. The summed E-state index contributed by atoms with van der Waals surface area (Å²) in [5.74, 6) is 1.93. The lowest BCUT2D eigenvalue weighted by molar-refractivity contribution is -0.135. The van der Waals surface area contributed by atoms with E-state index in [9.17, 15) is 13.2 Å². The van der Waals surface area contributed by atoms with Crippen molar-refractivity contribution in [2.45, 2.75) is 71.0 Å². The second-order valence-electron chi connectivity index (χ2n) is 6.09. The summed E-state index contributed by atoms with van der Waals surface area (Å²) < 4.78 is 36.1. The maximum Gasteiger partial charge on any atom is 0.389 e. The van der Waals surface area contributed by atoms with Crippen LogP contribution in [0.3, 0.4) is 0 Å². The van der Waals surface area contributed by atoms with Crippen LogP contribution < -0.4 is 5.73 Å². The quantitative estimate of drug-likeness (QED) is 0.777. The zero-order valence-electron chi connectivity index (χ0n) is 11.5. The molecular formula is C14H26F3N. The monoisotopic (exact) mass is 265 g/mol. The molecule has 1 aliphatic rings. The molecule has 0 heterocycles. The molecule has 1 saturated carbocycles. The third-order valence-corrected chi connectivity index (χ3v) is 4.36. The molecule has 0 amide bonds. The zero-order chi connectivity index (χ0) is 13.8. The van der Waals surface area contributed by atoms with Gasteiger partial charge in [-0.2, -0.15) is 13.2 Å². The molecule has 1 rings (SSSR count).